The zero-order valence-electron chi connectivity index (χ0n) is 11.4. The van der Waals surface area contributed by atoms with Crippen LogP contribution < -0.4 is 10.6 Å². The number of nitro benzene ring substituents is 2. The molecule has 0 bridgehead atoms. The molecule has 0 spiro atoms. The summed E-state index contributed by atoms with van der Waals surface area (Å²) in [6.45, 7) is 0. The van der Waals surface area contributed by atoms with Crippen LogP contribution in [0.1, 0.15) is 11.6 Å². The van der Waals surface area contributed by atoms with Crippen molar-refractivity contribution in [3.8, 4) is 6.19 Å². The lowest BCUT2D eigenvalue weighted by atomic mass is 10.1. The molecule has 2 N–H and O–H groups in total. The van der Waals surface area contributed by atoms with Gasteiger partial charge in [0, 0.05) is 18.9 Å². The Bertz CT molecular complexity index is 656. The van der Waals surface area contributed by atoms with Gasteiger partial charge in [-0.2, -0.15) is 17.9 Å². The van der Waals surface area contributed by atoms with Gasteiger partial charge in [-0.1, -0.05) is 0 Å². The summed E-state index contributed by atoms with van der Waals surface area (Å²) in [6, 6.07) is 2.54. The summed E-state index contributed by atoms with van der Waals surface area (Å²) in [5.41, 5.74) is -0.649. The predicted molar refractivity (Wildman–Crippen MR) is 81.6 cm³/mol. The molecular weight excluding hydrogens is 312 g/mol. The molecule has 0 saturated heterocycles. The highest BCUT2D eigenvalue weighted by atomic mass is 32.1. The zero-order valence-corrected chi connectivity index (χ0v) is 12.3. The Morgan fingerprint density at radius 1 is 1.45 bits per heavy atom. The molecule has 1 atom stereocenters. The van der Waals surface area contributed by atoms with E-state index in [-0.39, 0.29) is 23.0 Å². The Balaban J connectivity index is 3.35. The third-order valence-electron chi connectivity index (χ3n) is 2.65. The van der Waals surface area contributed by atoms with Crippen molar-refractivity contribution in [3.05, 3.63) is 44.0 Å². The van der Waals surface area contributed by atoms with Crippen LogP contribution >= 0.6 is 12.6 Å². The Labute approximate surface area is 130 Å². The fourth-order valence-electron chi connectivity index (χ4n) is 1.66. The molecule has 0 radical (unpaired) electrons. The van der Waals surface area contributed by atoms with E-state index in [2.05, 4.69) is 28.3 Å². The third kappa shape index (κ3) is 4.06. The maximum absolute atomic E-state index is 11.1. The standard InChI is InChI=1S/C11H12N6O4S/c1-13-11(14-6-12)15-9(5-22)8-3-2-7(16(18)19)4-10(8)17(20)21/h2-4,9,22H,5H2,1H3,(H2,13,14,15)/t9-/m1/s1. The molecule has 0 aliphatic carbocycles. The topological polar surface area (TPSA) is 146 Å². The van der Waals surface area contributed by atoms with E-state index < -0.39 is 21.6 Å². The van der Waals surface area contributed by atoms with E-state index in [1.54, 1.807) is 6.19 Å². The molecule has 1 aromatic carbocycles. The van der Waals surface area contributed by atoms with Crippen molar-refractivity contribution in [1.29, 1.82) is 5.26 Å². The molecule has 1 rings (SSSR count). The number of hydrogen-bond acceptors (Lipinski definition) is 7. The lowest BCUT2D eigenvalue weighted by Crippen LogP contribution is -2.32. The summed E-state index contributed by atoms with van der Waals surface area (Å²) in [7, 11) is 1.52. The lowest BCUT2D eigenvalue weighted by Gasteiger charge is -2.12. The molecule has 0 heterocycles. The fourth-order valence-corrected chi connectivity index (χ4v) is 1.94. The van der Waals surface area contributed by atoms with Crippen molar-refractivity contribution in [2.45, 2.75) is 6.04 Å². The maximum atomic E-state index is 11.1. The van der Waals surface area contributed by atoms with E-state index >= 15 is 0 Å². The van der Waals surface area contributed by atoms with Crippen molar-refractivity contribution in [3.63, 3.8) is 0 Å². The minimum absolute atomic E-state index is 0.106. The van der Waals surface area contributed by atoms with Crippen LogP contribution in [0.5, 0.6) is 0 Å². The molecule has 10 nitrogen and oxygen atoms in total. The number of nitrogens with zero attached hydrogens (tertiary/aromatic N) is 4. The molecule has 1 aromatic rings. The summed E-state index contributed by atoms with van der Waals surface area (Å²) in [5, 5.41) is 35.3. The highest BCUT2D eigenvalue weighted by Gasteiger charge is 2.24. The second-order valence-electron chi connectivity index (χ2n) is 3.92. The first-order valence-electron chi connectivity index (χ1n) is 5.88. The number of hydrogen-bond donors (Lipinski definition) is 3. The van der Waals surface area contributed by atoms with Gasteiger partial charge in [0.25, 0.3) is 11.4 Å². The smallest absolute Gasteiger partial charge is 0.281 e. The van der Waals surface area contributed by atoms with Gasteiger partial charge in [-0.25, -0.2) is 4.99 Å². The first-order valence-corrected chi connectivity index (χ1v) is 6.52. The molecule has 116 valence electrons. The molecule has 0 saturated carbocycles. The number of thiol groups is 1. The summed E-state index contributed by atoms with van der Waals surface area (Å²) >= 11 is 4.09. The van der Waals surface area contributed by atoms with Crippen LogP contribution in [0.25, 0.3) is 0 Å². The van der Waals surface area contributed by atoms with Crippen molar-refractivity contribution in [2.75, 3.05) is 12.8 Å². The highest BCUT2D eigenvalue weighted by molar-refractivity contribution is 7.80. The van der Waals surface area contributed by atoms with Gasteiger partial charge in [-0.05, 0) is 6.07 Å². The fraction of sp³-hybridized carbons (Fsp3) is 0.273. The molecule has 0 fully saturated rings. The average Bonchev–Trinajstić information content (AvgIpc) is 2.50. The maximum Gasteiger partial charge on any atom is 0.281 e. The first-order chi connectivity index (χ1) is 10.4. The predicted octanol–water partition coefficient (Wildman–Crippen LogP) is 1.12. The van der Waals surface area contributed by atoms with E-state index in [4.69, 9.17) is 5.26 Å². The van der Waals surface area contributed by atoms with E-state index in [0.29, 0.717) is 0 Å². The second kappa shape index (κ2) is 7.79. The Morgan fingerprint density at radius 3 is 2.59 bits per heavy atom. The Kier molecular flexibility index (Phi) is 6.09. The van der Waals surface area contributed by atoms with E-state index in [1.165, 1.54) is 13.1 Å². The van der Waals surface area contributed by atoms with E-state index in [0.717, 1.165) is 12.1 Å². The van der Waals surface area contributed by atoms with Gasteiger partial charge >= 0.3 is 0 Å². The molecule has 0 amide bonds. The average molecular weight is 324 g/mol. The number of benzene rings is 1. The largest absolute Gasteiger partial charge is 0.359 e. The molecule has 0 aromatic heterocycles. The van der Waals surface area contributed by atoms with Crippen LogP contribution in [0.2, 0.25) is 0 Å². The summed E-state index contributed by atoms with van der Waals surface area (Å²) in [4.78, 5) is 24.5. The molecule has 22 heavy (non-hydrogen) atoms. The van der Waals surface area contributed by atoms with Crippen molar-refractivity contribution in [1.82, 2.24) is 10.6 Å². The van der Waals surface area contributed by atoms with Crippen LogP contribution in [0.4, 0.5) is 11.4 Å². The van der Waals surface area contributed by atoms with Crippen LogP contribution in [-0.4, -0.2) is 28.6 Å². The lowest BCUT2D eigenvalue weighted by molar-refractivity contribution is -0.394. The number of guanidine groups is 1. The van der Waals surface area contributed by atoms with Gasteiger partial charge in [0.15, 0.2) is 6.19 Å². The number of rotatable bonds is 5. The summed E-state index contributed by atoms with van der Waals surface area (Å²) in [5.74, 6) is 0.214. The number of non-ortho nitro benzene ring substituents is 1. The second-order valence-corrected chi connectivity index (χ2v) is 4.29. The van der Waals surface area contributed by atoms with Gasteiger partial charge in [-0.3, -0.25) is 25.5 Å². The Morgan fingerprint density at radius 2 is 2.14 bits per heavy atom. The van der Waals surface area contributed by atoms with Crippen LogP contribution in [0.3, 0.4) is 0 Å². The molecular formula is C11H12N6O4S. The van der Waals surface area contributed by atoms with Crippen molar-refractivity contribution in [2.24, 2.45) is 4.99 Å². The third-order valence-corrected chi connectivity index (χ3v) is 3.00. The number of nitro groups is 2. The quantitative estimate of drug-likeness (QED) is 0.140. The molecule has 0 unspecified atom stereocenters. The molecule has 0 aliphatic heterocycles. The van der Waals surface area contributed by atoms with Crippen LogP contribution in [0, 0.1) is 31.7 Å². The zero-order chi connectivity index (χ0) is 16.7. The van der Waals surface area contributed by atoms with Crippen molar-refractivity contribution >= 4 is 30.0 Å². The van der Waals surface area contributed by atoms with E-state index in [9.17, 15) is 20.2 Å². The summed E-state index contributed by atoms with van der Waals surface area (Å²) < 4.78 is 0. The number of nitriles is 1. The molecule has 0 aliphatic rings. The van der Waals surface area contributed by atoms with Gasteiger partial charge in [0.2, 0.25) is 5.96 Å². The first kappa shape index (κ1) is 17.2. The number of nitrogens with one attached hydrogen (secondary N) is 2. The van der Waals surface area contributed by atoms with Gasteiger partial charge in [0.1, 0.15) is 0 Å². The SMILES string of the molecule is CN/C(=N/[C@H](CS)c1ccc([N+](=O)[O-])cc1[N+](=O)[O-])NC#N. The highest BCUT2D eigenvalue weighted by Crippen LogP contribution is 2.31. The number of aliphatic imine (C=N–C) groups is 1. The van der Waals surface area contributed by atoms with E-state index in [1.807, 2.05) is 0 Å². The van der Waals surface area contributed by atoms with Gasteiger partial charge in [0.05, 0.1) is 27.5 Å². The summed E-state index contributed by atoms with van der Waals surface area (Å²) in [6.07, 6.45) is 1.67. The van der Waals surface area contributed by atoms with Crippen molar-refractivity contribution < 1.29 is 9.85 Å². The minimum Gasteiger partial charge on any atom is -0.359 e. The molecule has 11 heteroatoms. The van der Waals surface area contributed by atoms with Crippen LogP contribution in [-0.2, 0) is 0 Å². The van der Waals surface area contributed by atoms with Gasteiger partial charge in [-0.15, -0.1) is 0 Å². The normalized spacial score (nSPS) is 12.1. The minimum atomic E-state index is -0.757. The monoisotopic (exact) mass is 324 g/mol. The Hall–Kier alpha value is -2.87. The van der Waals surface area contributed by atoms with Crippen LogP contribution in [0.15, 0.2) is 23.2 Å². The van der Waals surface area contributed by atoms with Gasteiger partial charge < -0.3 is 5.32 Å².